The summed E-state index contributed by atoms with van der Waals surface area (Å²) in [4.78, 5) is 25.4. The van der Waals surface area contributed by atoms with Crippen LogP contribution >= 0.6 is 0 Å². The van der Waals surface area contributed by atoms with Gasteiger partial charge in [0.1, 0.15) is 0 Å². The first-order chi connectivity index (χ1) is 13.1. The van der Waals surface area contributed by atoms with E-state index >= 15 is 0 Å². The topological polar surface area (TPSA) is 70.7 Å². The van der Waals surface area contributed by atoms with Crippen molar-refractivity contribution in [1.29, 1.82) is 0 Å². The van der Waals surface area contributed by atoms with Crippen LogP contribution in [-0.4, -0.2) is 38.1 Å². The molecule has 140 valence electrons. The zero-order valence-corrected chi connectivity index (χ0v) is 15.3. The van der Waals surface area contributed by atoms with Gasteiger partial charge in [0.25, 0.3) is 0 Å². The molecule has 0 saturated carbocycles. The van der Waals surface area contributed by atoms with E-state index in [2.05, 4.69) is 15.5 Å². The minimum atomic E-state index is -0.194. The Hall–Kier alpha value is -3.12. The van der Waals surface area contributed by atoms with Crippen molar-refractivity contribution in [3.05, 3.63) is 60.2 Å². The average Bonchev–Trinajstić information content (AvgIpc) is 2.68. The van der Waals surface area contributed by atoms with E-state index in [-0.39, 0.29) is 11.8 Å². The van der Waals surface area contributed by atoms with E-state index in [0.717, 1.165) is 48.9 Å². The Balaban J connectivity index is 1.53. The largest absolute Gasteiger partial charge is 0.378 e. The van der Waals surface area contributed by atoms with E-state index < -0.39 is 0 Å². The van der Waals surface area contributed by atoms with Crippen molar-refractivity contribution in [3.63, 3.8) is 0 Å². The summed E-state index contributed by atoms with van der Waals surface area (Å²) < 4.78 is 5.36. The number of amides is 2. The SMILES string of the molecule is CC(=O)Nc1ccc(/C=C/C(=O)Nc2ccc(N3CCOCC3)cc2)cc1. The van der Waals surface area contributed by atoms with Crippen LogP contribution in [0.2, 0.25) is 0 Å². The summed E-state index contributed by atoms with van der Waals surface area (Å²) in [7, 11) is 0. The summed E-state index contributed by atoms with van der Waals surface area (Å²) in [5.41, 5.74) is 3.49. The lowest BCUT2D eigenvalue weighted by atomic mass is 10.2. The standard InChI is InChI=1S/C21H23N3O3/c1-16(25)22-18-5-2-17(3-6-18)4-11-21(26)23-19-7-9-20(10-8-19)24-12-14-27-15-13-24/h2-11H,12-15H2,1H3,(H,22,25)(H,23,26)/b11-4+. The fraction of sp³-hybridized carbons (Fsp3) is 0.238. The van der Waals surface area contributed by atoms with Crippen LogP contribution in [0.1, 0.15) is 12.5 Å². The molecule has 3 rings (SSSR count). The maximum absolute atomic E-state index is 12.1. The Labute approximate surface area is 158 Å². The fourth-order valence-corrected chi connectivity index (χ4v) is 2.81. The number of anilines is 3. The van der Waals surface area contributed by atoms with Crippen LogP contribution in [0, 0.1) is 0 Å². The van der Waals surface area contributed by atoms with Gasteiger partial charge < -0.3 is 20.3 Å². The van der Waals surface area contributed by atoms with Gasteiger partial charge in [-0.2, -0.15) is 0 Å². The molecule has 1 heterocycles. The summed E-state index contributed by atoms with van der Waals surface area (Å²) in [6.45, 7) is 4.72. The van der Waals surface area contributed by atoms with Gasteiger partial charge >= 0.3 is 0 Å². The van der Waals surface area contributed by atoms with E-state index in [1.54, 1.807) is 18.2 Å². The van der Waals surface area contributed by atoms with Gasteiger partial charge in [0.05, 0.1) is 13.2 Å². The molecule has 1 saturated heterocycles. The van der Waals surface area contributed by atoms with Gasteiger partial charge in [-0.1, -0.05) is 12.1 Å². The Bertz CT molecular complexity index is 808. The van der Waals surface area contributed by atoms with Crippen molar-refractivity contribution in [1.82, 2.24) is 0 Å². The maximum Gasteiger partial charge on any atom is 0.248 e. The molecule has 2 aromatic carbocycles. The molecule has 2 amide bonds. The lowest BCUT2D eigenvalue weighted by molar-refractivity contribution is -0.114. The maximum atomic E-state index is 12.1. The molecule has 0 radical (unpaired) electrons. The van der Waals surface area contributed by atoms with Gasteiger partial charge in [-0.05, 0) is 48.0 Å². The van der Waals surface area contributed by atoms with Gasteiger partial charge in [0.2, 0.25) is 11.8 Å². The third kappa shape index (κ3) is 5.69. The van der Waals surface area contributed by atoms with Gasteiger partial charge in [-0.3, -0.25) is 9.59 Å². The highest BCUT2D eigenvalue weighted by molar-refractivity contribution is 6.02. The minimum absolute atomic E-state index is 0.114. The summed E-state index contributed by atoms with van der Waals surface area (Å²) in [6, 6.07) is 15.1. The smallest absolute Gasteiger partial charge is 0.248 e. The van der Waals surface area contributed by atoms with Crippen LogP contribution in [0.25, 0.3) is 6.08 Å². The molecule has 0 unspecified atom stereocenters. The van der Waals surface area contributed by atoms with Crippen LogP contribution in [0.4, 0.5) is 17.1 Å². The lowest BCUT2D eigenvalue weighted by Crippen LogP contribution is -2.36. The number of hydrogen-bond acceptors (Lipinski definition) is 4. The van der Waals surface area contributed by atoms with Gasteiger partial charge in [0.15, 0.2) is 0 Å². The van der Waals surface area contributed by atoms with Crippen molar-refractivity contribution < 1.29 is 14.3 Å². The Morgan fingerprint density at radius 1 is 0.926 bits per heavy atom. The Morgan fingerprint density at radius 2 is 1.52 bits per heavy atom. The third-order valence-electron chi connectivity index (χ3n) is 4.17. The van der Waals surface area contributed by atoms with Crippen LogP contribution in [0.5, 0.6) is 0 Å². The molecule has 0 bridgehead atoms. The molecule has 1 fully saturated rings. The van der Waals surface area contributed by atoms with Crippen molar-refractivity contribution in [2.45, 2.75) is 6.92 Å². The van der Waals surface area contributed by atoms with Crippen molar-refractivity contribution >= 4 is 35.0 Å². The molecule has 0 aromatic heterocycles. The van der Waals surface area contributed by atoms with Crippen LogP contribution in [0.3, 0.4) is 0 Å². The molecule has 6 heteroatoms. The molecule has 1 aliphatic heterocycles. The molecule has 0 spiro atoms. The molecular weight excluding hydrogens is 342 g/mol. The number of rotatable bonds is 5. The quantitative estimate of drug-likeness (QED) is 0.799. The molecule has 0 aliphatic carbocycles. The number of benzene rings is 2. The number of hydrogen-bond donors (Lipinski definition) is 2. The van der Waals surface area contributed by atoms with Crippen molar-refractivity contribution in [2.75, 3.05) is 41.8 Å². The van der Waals surface area contributed by atoms with E-state index in [4.69, 9.17) is 4.74 Å². The van der Waals surface area contributed by atoms with Crippen LogP contribution in [0.15, 0.2) is 54.6 Å². The molecular formula is C21H23N3O3. The third-order valence-corrected chi connectivity index (χ3v) is 4.17. The first kappa shape index (κ1) is 18.7. The van der Waals surface area contributed by atoms with E-state index in [1.807, 2.05) is 36.4 Å². The predicted octanol–water partition coefficient (Wildman–Crippen LogP) is 3.13. The zero-order valence-electron chi connectivity index (χ0n) is 15.3. The molecule has 6 nitrogen and oxygen atoms in total. The molecule has 0 atom stereocenters. The highest BCUT2D eigenvalue weighted by Crippen LogP contribution is 2.19. The van der Waals surface area contributed by atoms with E-state index in [9.17, 15) is 9.59 Å². The first-order valence-electron chi connectivity index (χ1n) is 8.90. The number of carbonyl (C=O) groups is 2. The van der Waals surface area contributed by atoms with Gasteiger partial charge in [0, 0.05) is 43.2 Å². The minimum Gasteiger partial charge on any atom is -0.378 e. The first-order valence-corrected chi connectivity index (χ1v) is 8.90. The van der Waals surface area contributed by atoms with Crippen molar-refractivity contribution in [3.8, 4) is 0 Å². The number of nitrogens with zero attached hydrogens (tertiary/aromatic N) is 1. The fourth-order valence-electron chi connectivity index (χ4n) is 2.81. The van der Waals surface area contributed by atoms with Crippen LogP contribution < -0.4 is 15.5 Å². The highest BCUT2D eigenvalue weighted by Gasteiger charge is 2.10. The number of carbonyl (C=O) groups excluding carboxylic acids is 2. The van der Waals surface area contributed by atoms with Crippen molar-refractivity contribution in [2.24, 2.45) is 0 Å². The van der Waals surface area contributed by atoms with Crippen LogP contribution in [-0.2, 0) is 14.3 Å². The normalized spacial score (nSPS) is 14.2. The second kappa shape index (κ2) is 9.00. The lowest BCUT2D eigenvalue weighted by Gasteiger charge is -2.28. The molecule has 1 aliphatic rings. The Kier molecular flexibility index (Phi) is 6.22. The van der Waals surface area contributed by atoms with Gasteiger partial charge in [-0.25, -0.2) is 0 Å². The summed E-state index contributed by atoms with van der Waals surface area (Å²) in [6.07, 6.45) is 3.22. The summed E-state index contributed by atoms with van der Waals surface area (Å²) in [5.74, 6) is -0.308. The second-order valence-electron chi connectivity index (χ2n) is 6.27. The number of ether oxygens (including phenoxy) is 1. The second-order valence-corrected chi connectivity index (χ2v) is 6.27. The summed E-state index contributed by atoms with van der Waals surface area (Å²) in [5, 5.41) is 5.56. The molecule has 27 heavy (non-hydrogen) atoms. The number of nitrogens with one attached hydrogen (secondary N) is 2. The predicted molar refractivity (Wildman–Crippen MR) is 108 cm³/mol. The Morgan fingerprint density at radius 3 is 2.15 bits per heavy atom. The van der Waals surface area contributed by atoms with E-state index in [0.29, 0.717) is 0 Å². The average molecular weight is 365 g/mol. The number of morpholine rings is 1. The monoisotopic (exact) mass is 365 g/mol. The summed E-state index contributed by atoms with van der Waals surface area (Å²) >= 11 is 0. The highest BCUT2D eigenvalue weighted by atomic mass is 16.5. The van der Waals surface area contributed by atoms with Gasteiger partial charge in [-0.15, -0.1) is 0 Å². The zero-order chi connectivity index (χ0) is 19.1. The molecule has 2 N–H and O–H groups in total. The molecule has 2 aromatic rings. The van der Waals surface area contributed by atoms with E-state index in [1.165, 1.54) is 13.0 Å².